The fourth-order valence-corrected chi connectivity index (χ4v) is 1.43. The second-order valence-corrected chi connectivity index (χ2v) is 3.55. The quantitative estimate of drug-likeness (QED) is 0.612. The Bertz CT molecular complexity index is 613. The van der Waals surface area contributed by atoms with Gasteiger partial charge in [-0.2, -0.15) is 13.2 Å². The minimum absolute atomic E-state index is 0.0527. The molecule has 94 valence electrons. The average molecular weight is 257 g/mol. The standard InChI is InChI=1S/C10H6F3N3O2/c11-10(12,13)6-1-2-8-9(3-6)14-4-7(15-8)5-16(17)18/h1-4H,5H2. The molecule has 0 bridgehead atoms. The Kier molecular flexibility index (Phi) is 2.85. The smallest absolute Gasteiger partial charge is 0.264 e. The van der Waals surface area contributed by atoms with Gasteiger partial charge in [-0.25, -0.2) is 4.98 Å². The lowest BCUT2D eigenvalue weighted by molar-refractivity contribution is -0.497. The molecule has 18 heavy (non-hydrogen) atoms. The minimum atomic E-state index is -4.45. The van der Waals surface area contributed by atoms with Crippen molar-refractivity contribution in [2.24, 2.45) is 0 Å². The number of alkyl halides is 3. The average Bonchev–Trinajstić information content (AvgIpc) is 2.26. The van der Waals surface area contributed by atoms with Gasteiger partial charge in [0.15, 0.2) is 0 Å². The van der Waals surface area contributed by atoms with Crippen LogP contribution < -0.4 is 0 Å². The highest BCUT2D eigenvalue weighted by Gasteiger charge is 2.30. The van der Waals surface area contributed by atoms with E-state index >= 15 is 0 Å². The van der Waals surface area contributed by atoms with Crippen molar-refractivity contribution < 1.29 is 18.1 Å². The number of hydrogen-bond acceptors (Lipinski definition) is 4. The molecule has 0 N–H and O–H groups in total. The molecule has 0 amide bonds. The molecule has 8 heteroatoms. The molecule has 1 heterocycles. The fourth-order valence-electron chi connectivity index (χ4n) is 1.43. The molecular weight excluding hydrogens is 251 g/mol. The maximum absolute atomic E-state index is 12.4. The van der Waals surface area contributed by atoms with Gasteiger partial charge < -0.3 is 0 Å². The predicted octanol–water partition coefficient (Wildman–Crippen LogP) is 2.43. The second-order valence-electron chi connectivity index (χ2n) is 3.55. The molecule has 0 atom stereocenters. The van der Waals surface area contributed by atoms with E-state index in [1.165, 1.54) is 0 Å². The molecule has 1 aromatic heterocycles. The Balaban J connectivity index is 2.45. The van der Waals surface area contributed by atoms with Crippen LogP contribution in [-0.2, 0) is 12.7 Å². The molecule has 0 fully saturated rings. The number of hydrogen-bond donors (Lipinski definition) is 0. The summed E-state index contributed by atoms with van der Waals surface area (Å²) in [5, 5.41) is 10.3. The summed E-state index contributed by atoms with van der Waals surface area (Å²) in [6, 6.07) is 2.87. The SMILES string of the molecule is O=[N+]([O-])Cc1cnc2cc(C(F)(F)F)ccc2n1. The van der Waals surface area contributed by atoms with Crippen LogP contribution in [-0.4, -0.2) is 14.9 Å². The molecule has 1 aromatic carbocycles. The van der Waals surface area contributed by atoms with Gasteiger partial charge in [0, 0.05) is 4.92 Å². The highest BCUT2D eigenvalue weighted by atomic mass is 19.4. The number of aromatic nitrogens is 2. The van der Waals surface area contributed by atoms with Gasteiger partial charge in [0.1, 0.15) is 5.69 Å². The first kappa shape index (κ1) is 12.2. The van der Waals surface area contributed by atoms with Crippen LogP contribution in [0.15, 0.2) is 24.4 Å². The molecule has 0 aliphatic carbocycles. The highest BCUT2D eigenvalue weighted by Crippen LogP contribution is 2.30. The van der Waals surface area contributed by atoms with Crippen molar-refractivity contribution in [2.45, 2.75) is 12.7 Å². The maximum Gasteiger partial charge on any atom is 0.416 e. The van der Waals surface area contributed by atoms with Crippen molar-refractivity contribution in [3.63, 3.8) is 0 Å². The van der Waals surface area contributed by atoms with Gasteiger partial charge in [-0.05, 0) is 18.2 Å². The number of halogens is 3. The summed E-state index contributed by atoms with van der Waals surface area (Å²) in [4.78, 5) is 17.3. The van der Waals surface area contributed by atoms with Gasteiger partial charge in [0.25, 0.3) is 0 Å². The Morgan fingerprint density at radius 1 is 1.28 bits per heavy atom. The van der Waals surface area contributed by atoms with E-state index in [2.05, 4.69) is 9.97 Å². The molecule has 0 radical (unpaired) electrons. The van der Waals surface area contributed by atoms with Crippen molar-refractivity contribution in [2.75, 3.05) is 0 Å². The van der Waals surface area contributed by atoms with Crippen LogP contribution in [0.5, 0.6) is 0 Å². The molecule has 0 unspecified atom stereocenters. The van der Waals surface area contributed by atoms with Crippen LogP contribution in [0.1, 0.15) is 11.3 Å². The fraction of sp³-hybridized carbons (Fsp3) is 0.200. The van der Waals surface area contributed by atoms with E-state index in [9.17, 15) is 23.3 Å². The van der Waals surface area contributed by atoms with Crippen LogP contribution in [0.2, 0.25) is 0 Å². The molecule has 0 aliphatic heterocycles. The van der Waals surface area contributed by atoms with Crippen molar-refractivity contribution >= 4 is 11.0 Å². The Labute approximate surface area is 98.4 Å². The number of benzene rings is 1. The number of fused-ring (bicyclic) bond motifs is 1. The summed E-state index contributed by atoms with van der Waals surface area (Å²) >= 11 is 0. The van der Waals surface area contributed by atoms with E-state index in [0.29, 0.717) is 0 Å². The summed E-state index contributed by atoms with van der Waals surface area (Å²) in [7, 11) is 0. The van der Waals surface area contributed by atoms with Crippen LogP contribution in [0.4, 0.5) is 13.2 Å². The summed E-state index contributed by atoms with van der Waals surface area (Å²) < 4.78 is 37.3. The van der Waals surface area contributed by atoms with E-state index < -0.39 is 23.2 Å². The van der Waals surface area contributed by atoms with Crippen molar-refractivity contribution in [3.8, 4) is 0 Å². The van der Waals surface area contributed by atoms with Crippen LogP contribution in [0.25, 0.3) is 11.0 Å². The van der Waals surface area contributed by atoms with E-state index in [1.807, 2.05) is 0 Å². The van der Waals surface area contributed by atoms with E-state index in [-0.39, 0.29) is 16.7 Å². The summed E-state index contributed by atoms with van der Waals surface area (Å²) in [6.45, 7) is -0.510. The van der Waals surface area contributed by atoms with E-state index in [0.717, 1.165) is 24.4 Å². The van der Waals surface area contributed by atoms with Gasteiger partial charge >= 0.3 is 6.18 Å². The molecule has 5 nitrogen and oxygen atoms in total. The minimum Gasteiger partial charge on any atom is -0.264 e. The maximum atomic E-state index is 12.4. The lowest BCUT2D eigenvalue weighted by Gasteiger charge is -2.07. The van der Waals surface area contributed by atoms with Crippen LogP contribution >= 0.6 is 0 Å². The lowest BCUT2D eigenvalue weighted by atomic mass is 10.2. The van der Waals surface area contributed by atoms with E-state index in [1.54, 1.807) is 0 Å². The van der Waals surface area contributed by atoms with Crippen molar-refractivity contribution in [1.82, 2.24) is 9.97 Å². The van der Waals surface area contributed by atoms with Crippen LogP contribution in [0, 0.1) is 10.1 Å². The third kappa shape index (κ3) is 2.53. The largest absolute Gasteiger partial charge is 0.416 e. The zero-order valence-corrected chi connectivity index (χ0v) is 8.81. The number of rotatable bonds is 2. The predicted molar refractivity (Wildman–Crippen MR) is 55.2 cm³/mol. The normalized spacial score (nSPS) is 11.7. The zero-order valence-electron chi connectivity index (χ0n) is 8.81. The monoisotopic (exact) mass is 257 g/mol. The Hall–Kier alpha value is -2.25. The third-order valence-electron chi connectivity index (χ3n) is 2.21. The summed E-state index contributed by atoms with van der Waals surface area (Å²) in [5.74, 6) is 0. The molecule has 0 saturated heterocycles. The first-order chi connectivity index (χ1) is 8.36. The molecule has 2 rings (SSSR count). The third-order valence-corrected chi connectivity index (χ3v) is 2.21. The number of nitrogens with zero attached hydrogens (tertiary/aromatic N) is 3. The highest BCUT2D eigenvalue weighted by molar-refractivity contribution is 5.74. The molecule has 0 spiro atoms. The zero-order chi connectivity index (χ0) is 13.3. The van der Waals surface area contributed by atoms with Gasteiger partial charge in [-0.15, -0.1) is 0 Å². The Morgan fingerprint density at radius 3 is 2.61 bits per heavy atom. The van der Waals surface area contributed by atoms with Crippen LogP contribution in [0.3, 0.4) is 0 Å². The topological polar surface area (TPSA) is 68.9 Å². The Morgan fingerprint density at radius 2 is 2.00 bits per heavy atom. The molecule has 2 aromatic rings. The van der Waals surface area contributed by atoms with Gasteiger partial charge in [-0.3, -0.25) is 15.1 Å². The van der Waals surface area contributed by atoms with E-state index in [4.69, 9.17) is 0 Å². The second kappa shape index (κ2) is 4.21. The number of nitro groups is 1. The van der Waals surface area contributed by atoms with Gasteiger partial charge in [0.2, 0.25) is 6.54 Å². The lowest BCUT2D eigenvalue weighted by Crippen LogP contribution is -2.06. The molecule has 0 saturated carbocycles. The molecule has 0 aliphatic rings. The molecular formula is C10H6F3N3O2. The summed E-state index contributed by atoms with van der Waals surface area (Å²) in [5.41, 5.74) is -0.474. The summed E-state index contributed by atoms with van der Waals surface area (Å²) in [6.07, 6.45) is -3.35. The van der Waals surface area contributed by atoms with Crippen molar-refractivity contribution in [1.29, 1.82) is 0 Å². The van der Waals surface area contributed by atoms with Gasteiger partial charge in [-0.1, -0.05) is 0 Å². The van der Waals surface area contributed by atoms with Gasteiger partial charge in [0.05, 0.1) is 22.8 Å². The first-order valence-electron chi connectivity index (χ1n) is 4.81. The van der Waals surface area contributed by atoms with Crippen molar-refractivity contribution in [3.05, 3.63) is 45.8 Å². The first-order valence-corrected chi connectivity index (χ1v) is 4.81.